The van der Waals surface area contributed by atoms with Gasteiger partial charge >= 0.3 is 0 Å². The summed E-state index contributed by atoms with van der Waals surface area (Å²) in [6.07, 6.45) is 2.85. The molecule has 0 fully saturated rings. The minimum Gasteiger partial charge on any atom is -0.482 e. The predicted octanol–water partition coefficient (Wildman–Crippen LogP) is 5.69. The lowest BCUT2D eigenvalue weighted by atomic mass is 10.0. The first-order valence-electron chi connectivity index (χ1n) is 12.8. The topological polar surface area (TPSA) is 107 Å². The van der Waals surface area contributed by atoms with E-state index in [0.29, 0.717) is 29.3 Å². The number of aromatic nitrogens is 2. The lowest BCUT2D eigenvalue weighted by molar-refractivity contribution is 0.335. The van der Waals surface area contributed by atoms with Gasteiger partial charge in [-0.05, 0) is 61.1 Å². The SMILES string of the molecule is CCCCc1nc(C)c(C(=S)OCC)n1Cc1ccc(-c2ccccc2S(=O)(=O)NS(=O)(=O)c2cccs2)cc1. The number of ether oxygens (including phenoxy) is 1. The largest absolute Gasteiger partial charge is 0.482 e. The van der Waals surface area contributed by atoms with E-state index in [1.807, 2.05) is 42.2 Å². The smallest absolute Gasteiger partial charge is 0.263 e. The quantitative estimate of drug-likeness (QED) is 0.204. The molecule has 40 heavy (non-hydrogen) atoms. The van der Waals surface area contributed by atoms with E-state index in [9.17, 15) is 16.8 Å². The van der Waals surface area contributed by atoms with Crippen LogP contribution in [-0.2, 0) is 37.7 Å². The van der Waals surface area contributed by atoms with Crippen LogP contribution in [0.3, 0.4) is 0 Å². The van der Waals surface area contributed by atoms with Gasteiger partial charge in [-0.1, -0.05) is 66.0 Å². The number of thiocarbonyl (C=S) groups is 1. The minimum atomic E-state index is -4.39. The number of imidazole rings is 1. The molecule has 0 saturated heterocycles. The standard InChI is InChI=1S/C28H31N3O5S4/c1-4-6-12-25-29-20(3)27(28(37)36-5-2)31(25)19-21-14-16-22(17-15-21)23-10-7-8-11-24(23)39(32,33)30-40(34,35)26-13-9-18-38-26/h7-11,13-18,30H,4-6,12,19H2,1-3H3. The highest BCUT2D eigenvalue weighted by molar-refractivity contribution is 8.05. The van der Waals surface area contributed by atoms with Crippen LogP contribution in [0.5, 0.6) is 0 Å². The molecule has 8 nitrogen and oxygen atoms in total. The van der Waals surface area contributed by atoms with Crippen molar-refractivity contribution in [3.05, 3.63) is 88.8 Å². The van der Waals surface area contributed by atoms with E-state index < -0.39 is 20.0 Å². The normalized spacial score (nSPS) is 12.0. The zero-order valence-electron chi connectivity index (χ0n) is 22.5. The van der Waals surface area contributed by atoms with Crippen LogP contribution in [-0.4, -0.2) is 38.0 Å². The van der Waals surface area contributed by atoms with Gasteiger partial charge in [-0.15, -0.1) is 11.3 Å². The van der Waals surface area contributed by atoms with Gasteiger partial charge in [-0.25, -0.2) is 21.8 Å². The molecule has 0 saturated carbocycles. The average Bonchev–Trinajstić information content (AvgIpc) is 3.57. The van der Waals surface area contributed by atoms with Gasteiger partial charge in [0.1, 0.15) is 15.7 Å². The van der Waals surface area contributed by atoms with Crippen LogP contribution in [0.4, 0.5) is 0 Å². The average molecular weight is 618 g/mol. The van der Waals surface area contributed by atoms with Crippen LogP contribution in [0.1, 0.15) is 49.5 Å². The van der Waals surface area contributed by atoms with Gasteiger partial charge < -0.3 is 9.30 Å². The van der Waals surface area contributed by atoms with E-state index in [0.717, 1.165) is 53.4 Å². The van der Waals surface area contributed by atoms with Crippen molar-refractivity contribution in [3.63, 3.8) is 0 Å². The number of nitrogens with zero attached hydrogens (tertiary/aromatic N) is 2. The second kappa shape index (κ2) is 12.7. The molecule has 2 heterocycles. The van der Waals surface area contributed by atoms with Crippen molar-refractivity contribution < 1.29 is 21.6 Å². The molecular weight excluding hydrogens is 587 g/mol. The molecule has 212 valence electrons. The third-order valence-electron chi connectivity index (χ3n) is 6.21. The number of unbranched alkanes of at least 4 members (excludes halogenated alkanes) is 1. The van der Waals surface area contributed by atoms with Crippen LogP contribution in [0.15, 0.2) is 75.1 Å². The van der Waals surface area contributed by atoms with Gasteiger partial charge in [0.2, 0.25) is 5.05 Å². The second-order valence-electron chi connectivity index (χ2n) is 9.09. The molecule has 1 N–H and O–H groups in total. The van der Waals surface area contributed by atoms with E-state index in [2.05, 4.69) is 11.5 Å². The summed E-state index contributed by atoms with van der Waals surface area (Å²) in [5.41, 5.74) is 3.62. The van der Waals surface area contributed by atoms with E-state index in [-0.39, 0.29) is 9.10 Å². The number of rotatable bonds is 12. The Kier molecular flexibility index (Phi) is 9.57. The number of sulfonamides is 2. The number of hydrogen-bond donors (Lipinski definition) is 1. The summed E-state index contributed by atoms with van der Waals surface area (Å²) in [4.78, 5) is 4.65. The van der Waals surface area contributed by atoms with Crippen LogP contribution < -0.4 is 4.13 Å². The van der Waals surface area contributed by atoms with Crippen LogP contribution in [0, 0.1) is 6.92 Å². The van der Waals surface area contributed by atoms with Gasteiger partial charge in [-0.2, -0.15) is 0 Å². The summed E-state index contributed by atoms with van der Waals surface area (Å²) in [6.45, 7) is 6.94. The fourth-order valence-corrected chi connectivity index (χ4v) is 8.98. The fourth-order valence-electron chi connectivity index (χ4n) is 4.34. The highest BCUT2D eigenvalue weighted by Gasteiger charge is 2.27. The summed E-state index contributed by atoms with van der Waals surface area (Å²) in [6, 6.07) is 16.7. The van der Waals surface area contributed by atoms with E-state index in [4.69, 9.17) is 21.9 Å². The molecule has 0 spiro atoms. The van der Waals surface area contributed by atoms with Gasteiger partial charge in [0.25, 0.3) is 20.0 Å². The number of benzene rings is 2. The Morgan fingerprint density at radius 1 is 1.00 bits per heavy atom. The summed E-state index contributed by atoms with van der Waals surface area (Å²) in [5.74, 6) is 0.940. The molecule has 0 aliphatic rings. The molecule has 0 aliphatic carbocycles. The van der Waals surface area contributed by atoms with Crippen LogP contribution >= 0.6 is 23.6 Å². The van der Waals surface area contributed by atoms with Gasteiger partial charge in [0.05, 0.1) is 17.2 Å². The lowest BCUT2D eigenvalue weighted by Gasteiger charge is -2.15. The second-order valence-corrected chi connectivity index (χ2v) is 14.2. The van der Waals surface area contributed by atoms with Crippen molar-refractivity contribution >= 4 is 48.7 Å². The molecule has 4 rings (SSSR count). The van der Waals surface area contributed by atoms with Gasteiger partial charge in [-0.3, -0.25) is 0 Å². The maximum atomic E-state index is 13.2. The van der Waals surface area contributed by atoms with Crippen molar-refractivity contribution in [2.75, 3.05) is 6.61 Å². The zero-order chi connectivity index (χ0) is 28.9. The molecule has 0 bridgehead atoms. The fraction of sp³-hybridized carbons (Fsp3) is 0.286. The van der Waals surface area contributed by atoms with Crippen molar-refractivity contribution in [1.29, 1.82) is 0 Å². The van der Waals surface area contributed by atoms with Crippen LogP contribution in [0.2, 0.25) is 0 Å². The molecule has 2 aromatic heterocycles. The number of thiophene rings is 1. The maximum Gasteiger partial charge on any atom is 0.263 e. The molecule has 0 amide bonds. The number of hydrogen-bond acceptors (Lipinski definition) is 8. The maximum absolute atomic E-state index is 13.2. The molecule has 0 aliphatic heterocycles. The first-order chi connectivity index (χ1) is 19.1. The Morgan fingerprint density at radius 2 is 1.73 bits per heavy atom. The Hall–Kier alpha value is -2.90. The molecule has 0 radical (unpaired) electrons. The molecular formula is C28H31N3O5S4. The number of aryl methyl sites for hydroxylation is 2. The summed E-state index contributed by atoms with van der Waals surface area (Å²) in [5, 5.41) is 1.98. The van der Waals surface area contributed by atoms with Gasteiger partial charge in [0, 0.05) is 18.5 Å². The Bertz CT molecular complexity index is 1690. The molecule has 0 unspecified atom stereocenters. The minimum absolute atomic E-state index is 0.0749. The monoisotopic (exact) mass is 617 g/mol. The van der Waals surface area contributed by atoms with Crippen LogP contribution in [0.25, 0.3) is 11.1 Å². The van der Waals surface area contributed by atoms with E-state index in [1.54, 1.807) is 29.6 Å². The molecule has 12 heteroatoms. The summed E-state index contributed by atoms with van der Waals surface area (Å²) >= 11 is 6.49. The number of nitrogens with one attached hydrogen (secondary N) is 1. The molecule has 4 aromatic rings. The predicted molar refractivity (Wildman–Crippen MR) is 162 cm³/mol. The summed E-state index contributed by atoms with van der Waals surface area (Å²) < 4.78 is 61.3. The Balaban J connectivity index is 1.65. The third kappa shape index (κ3) is 6.69. The van der Waals surface area contributed by atoms with Crippen molar-refractivity contribution in [1.82, 2.24) is 13.7 Å². The third-order valence-corrected chi connectivity index (χ3v) is 11.5. The molecule has 0 atom stereocenters. The van der Waals surface area contributed by atoms with Gasteiger partial charge in [0.15, 0.2) is 0 Å². The lowest BCUT2D eigenvalue weighted by Crippen LogP contribution is -2.30. The van der Waals surface area contributed by atoms with Crippen molar-refractivity contribution in [2.45, 2.75) is 55.7 Å². The first kappa shape index (κ1) is 30.1. The zero-order valence-corrected chi connectivity index (χ0v) is 25.7. The highest BCUT2D eigenvalue weighted by Crippen LogP contribution is 2.29. The van der Waals surface area contributed by atoms with Crippen molar-refractivity contribution in [3.8, 4) is 11.1 Å². The van der Waals surface area contributed by atoms with Crippen molar-refractivity contribution in [2.24, 2.45) is 0 Å². The van der Waals surface area contributed by atoms with E-state index in [1.165, 1.54) is 12.1 Å². The highest BCUT2D eigenvalue weighted by atomic mass is 32.3. The Morgan fingerprint density at radius 3 is 2.38 bits per heavy atom. The molecule has 2 aromatic carbocycles. The first-order valence-corrected chi connectivity index (χ1v) is 17.1. The summed E-state index contributed by atoms with van der Waals surface area (Å²) in [7, 11) is -8.62. The van der Waals surface area contributed by atoms with E-state index >= 15 is 0 Å². The Labute approximate surface area is 245 Å².